The number of carboxylic acid groups (broad SMARTS) is 2. The average molecular weight is 241 g/mol. The smallest absolute Gasteiger partial charge is 0.335 e. The van der Waals surface area contributed by atoms with E-state index in [1.54, 1.807) is 0 Å². The van der Waals surface area contributed by atoms with Crippen LogP contribution in [0.5, 0.6) is 0 Å². The third-order valence-corrected chi connectivity index (χ3v) is 1.49. The van der Waals surface area contributed by atoms with Crippen LogP contribution in [-0.4, -0.2) is 51.0 Å². The van der Waals surface area contributed by atoms with Crippen LogP contribution in [0.4, 0.5) is 0 Å². The monoisotopic (exact) mass is 241 g/mol. The number of carbonyl (C=O) groups excluding carboxylic acids is 1. The third-order valence-electron chi connectivity index (χ3n) is 1.49. The zero-order valence-corrected chi connectivity index (χ0v) is 9.21. The van der Waals surface area contributed by atoms with Gasteiger partial charge < -0.3 is 36.4 Å². The van der Waals surface area contributed by atoms with E-state index in [0.717, 1.165) is 0 Å². The zero-order valence-electron chi connectivity index (χ0n) is 9.21. The fourth-order valence-corrected chi connectivity index (χ4v) is 0.264. The highest BCUT2D eigenvalue weighted by Crippen LogP contribution is 1.90. The Bertz CT molecular complexity index is 189. The number of carbonyl (C=O) groups is 2. The van der Waals surface area contributed by atoms with Crippen LogP contribution < -0.4 is 10.8 Å². The van der Waals surface area contributed by atoms with E-state index < -0.39 is 24.1 Å². The number of aliphatic carboxylic acids is 2. The third kappa shape index (κ3) is 10.9. The summed E-state index contributed by atoms with van der Waals surface area (Å²) in [6.45, 7) is 4.25. The maximum atomic E-state index is 9.74. The quantitative estimate of drug-likeness (QED) is 0.387. The second-order valence-electron chi connectivity index (χ2n) is 3.06. The highest BCUT2D eigenvalue weighted by molar-refractivity contribution is 5.81. The van der Waals surface area contributed by atoms with Crippen molar-refractivity contribution in [2.24, 2.45) is 0 Å². The number of aliphatic hydroxyl groups excluding tert-OH is 2. The van der Waals surface area contributed by atoms with Crippen molar-refractivity contribution in [3.63, 3.8) is 0 Å². The molecule has 16 heavy (non-hydrogen) atoms. The lowest BCUT2D eigenvalue weighted by Crippen LogP contribution is -2.58. The maximum Gasteiger partial charge on any atom is 0.335 e. The van der Waals surface area contributed by atoms with Gasteiger partial charge in [0.1, 0.15) is 6.10 Å². The van der Waals surface area contributed by atoms with E-state index in [2.05, 4.69) is 19.6 Å². The Kier molecular flexibility index (Phi) is 13.0. The van der Waals surface area contributed by atoms with Crippen molar-refractivity contribution >= 4 is 11.9 Å². The van der Waals surface area contributed by atoms with E-state index in [4.69, 9.17) is 15.3 Å². The first kappa shape index (κ1) is 20.2. The van der Waals surface area contributed by atoms with Crippen LogP contribution in [-0.2, 0) is 9.59 Å². The molecule has 0 aliphatic carbocycles. The molecule has 0 fully saturated rings. The van der Waals surface area contributed by atoms with Crippen molar-refractivity contribution in [1.29, 1.82) is 0 Å². The van der Waals surface area contributed by atoms with Gasteiger partial charge >= 0.3 is 5.97 Å². The molecule has 0 aromatic carbocycles. The predicted octanol–water partition coefficient (Wildman–Crippen LogP) is -4.26. The van der Waals surface area contributed by atoms with Crippen LogP contribution in [0.25, 0.3) is 0 Å². The molecule has 8 nitrogen and oxygen atoms in total. The van der Waals surface area contributed by atoms with Crippen LogP contribution in [0.15, 0.2) is 0 Å². The lowest BCUT2D eigenvalue weighted by Gasteiger charge is -2.13. The summed E-state index contributed by atoms with van der Waals surface area (Å²) < 4.78 is 0. The van der Waals surface area contributed by atoms with Crippen LogP contribution >= 0.6 is 0 Å². The zero-order chi connectivity index (χ0) is 12.6. The Morgan fingerprint density at radius 2 is 1.62 bits per heavy atom. The first-order valence-corrected chi connectivity index (χ1v) is 4.36. The largest absolute Gasteiger partial charge is 0.547 e. The molecule has 0 bridgehead atoms. The number of quaternary nitrogens is 1. The molecule has 98 valence electrons. The lowest BCUT2D eigenvalue weighted by atomic mass is 10.2. The number of rotatable bonds is 4. The Hall–Kier alpha value is -1.22. The van der Waals surface area contributed by atoms with Gasteiger partial charge in [-0.1, -0.05) is 6.92 Å². The van der Waals surface area contributed by atoms with Gasteiger partial charge in [0.15, 0.2) is 6.10 Å². The van der Waals surface area contributed by atoms with Crippen molar-refractivity contribution < 1.29 is 41.2 Å². The molecular formula is C8H19NO7. The van der Waals surface area contributed by atoms with E-state index in [0.29, 0.717) is 6.04 Å². The molecule has 0 spiro atoms. The number of hydrogen-bond acceptors (Lipinski definition) is 5. The van der Waals surface area contributed by atoms with Crippen LogP contribution in [0, 0.1) is 0 Å². The van der Waals surface area contributed by atoms with Gasteiger partial charge in [-0.05, 0) is 13.3 Å². The minimum atomic E-state index is -2.38. The lowest BCUT2D eigenvalue weighted by molar-refractivity contribution is -0.414. The van der Waals surface area contributed by atoms with Crippen LogP contribution in [0.3, 0.4) is 0 Å². The molecule has 0 aromatic heterocycles. The minimum absolute atomic E-state index is 0. The molecule has 0 aliphatic rings. The molecule has 0 unspecified atom stereocenters. The molecule has 3 atom stereocenters. The van der Waals surface area contributed by atoms with Crippen molar-refractivity contribution in [2.45, 2.75) is 38.5 Å². The minimum Gasteiger partial charge on any atom is -0.547 e. The molecule has 0 saturated heterocycles. The Morgan fingerprint density at radius 3 is 1.69 bits per heavy atom. The van der Waals surface area contributed by atoms with E-state index in [1.165, 1.54) is 6.42 Å². The second kappa shape index (κ2) is 10.3. The Balaban J connectivity index is -0.000000242. The normalized spacial score (nSPS) is 14.6. The summed E-state index contributed by atoms with van der Waals surface area (Å²) in [6, 6.07) is 0.634. The van der Waals surface area contributed by atoms with E-state index in [-0.39, 0.29) is 5.48 Å². The molecule has 0 saturated carbocycles. The van der Waals surface area contributed by atoms with Gasteiger partial charge in [0, 0.05) is 0 Å². The highest BCUT2D eigenvalue weighted by atomic mass is 16.4. The summed E-state index contributed by atoms with van der Waals surface area (Å²) in [5.41, 5.74) is 3.76. The number of hydrogen-bond donors (Lipinski definition) is 4. The van der Waals surface area contributed by atoms with E-state index in [9.17, 15) is 14.7 Å². The molecule has 0 radical (unpaired) electrons. The van der Waals surface area contributed by atoms with Gasteiger partial charge in [-0.15, -0.1) is 0 Å². The Morgan fingerprint density at radius 1 is 1.31 bits per heavy atom. The van der Waals surface area contributed by atoms with Crippen molar-refractivity contribution in [3.05, 3.63) is 0 Å². The molecule has 0 amide bonds. The van der Waals surface area contributed by atoms with E-state index in [1.807, 2.05) is 0 Å². The fourth-order valence-electron chi connectivity index (χ4n) is 0.264. The highest BCUT2D eigenvalue weighted by Gasteiger charge is 2.23. The number of carboxylic acids is 2. The first-order chi connectivity index (χ1) is 6.73. The average Bonchev–Trinajstić information content (AvgIpc) is 2.16. The molecule has 0 heterocycles. The molecule has 8 heteroatoms. The van der Waals surface area contributed by atoms with Gasteiger partial charge in [-0.2, -0.15) is 0 Å². The van der Waals surface area contributed by atoms with Gasteiger partial charge in [0.25, 0.3) is 0 Å². The summed E-state index contributed by atoms with van der Waals surface area (Å²) in [6.07, 6.45) is -3.51. The van der Waals surface area contributed by atoms with Crippen molar-refractivity contribution in [2.75, 3.05) is 0 Å². The summed E-state index contributed by atoms with van der Waals surface area (Å²) in [5, 5.41) is 34.1. The Labute approximate surface area is 92.6 Å². The summed E-state index contributed by atoms with van der Waals surface area (Å²) in [7, 11) is 0. The molecular weight excluding hydrogens is 222 g/mol. The standard InChI is InChI=1S/C4H11N.C4H6O6.H2O/c1-3-4(2)5;5-1(3(7)8)2(6)4(9)10;/h4H,3,5H2,1-2H3;1-2,5-6H,(H,7,8)(H,9,10);1H2/t4-;1-,2-;/m01./s1. The summed E-state index contributed by atoms with van der Waals surface area (Å²) in [4.78, 5) is 19.4. The van der Waals surface area contributed by atoms with Crippen LogP contribution in [0.1, 0.15) is 20.3 Å². The topological polar surface area (TPSA) is 177 Å². The maximum absolute atomic E-state index is 9.74. The van der Waals surface area contributed by atoms with E-state index >= 15 is 0 Å². The molecule has 0 aromatic rings. The van der Waals surface area contributed by atoms with Crippen molar-refractivity contribution in [3.8, 4) is 0 Å². The predicted molar refractivity (Wildman–Crippen MR) is 50.9 cm³/mol. The summed E-state index contributed by atoms with van der Waals surface area (Å²) >= 11 is 0. The van der Waals surface area contributed by atoms with Gasteiger partial charge in [0.2, 0.25) is 0 Å². The molecule has 0 rings (SSSR count). The number of aliphatic hydroxyl groups is 2. The van der Waals surface area contributed by atoms with Gasteiger partial charge in [-0.3, -0.25) is 0 Å². The molecule has 0 aliphatic heterocycles. The second-order valence-corrected chi connectivity index (χ2v) is 3.06. The van der Waals surface area contributed by atoms with Gasteiger partial charge in [0.05, 0.1) is 12.0 Å². The summed E-state index contributed by atoms with van der Waals surface area (Å²) in [5.74, 6) is -3.83. The molecule has 8 N–H and O–H groups in total. The first-order valence-electron chi connectivity index (χ1n) is 4.36. The van der Waals surface area contributed by atoms with Crippen molar-refractivity contribution in [1.82, 2.24) is 0 Å². The fraction of sp³-hybridized carbons (Fsp3) is 0.750. The van der Waals surface area contributed by atoms with Crippen LogP contribution in [0.2, 0.25) is 0 Å². The van der Waals surface area contributed by atoms with Gasteiger partial charge in [-0.25, -0.2) is 4.79 Å². The SMILES string of the molecule is CC[C@H](C)[NH3+].O.O=C([O-])[C@H](O)[C@@H](O)C(=O)O.